The maximum absolute atomic E-state index is 12.4. The van der Waals surface area contributed by atoms with E-state index in [0.29, 0.717) is 23.6 Å². The molecule has 0 aromatic heterocycles. The third kappa shape index (κ3) is 7.06. The number of carbonyl (C=O) groups excluding carboxylic acids is 1. The fourth-order valence-corrected chi connectivity index (χ4v) is 3.52. The van der Waals surface area contributed by atoms with Crippen molar-refractivity contribution in [2.75, 3.05) is 13.7 Å². The molecule has 5 nitrogen and oxygen atoms in total. The van der Waals surface area contributed by atoms with Crippen molar-refractivity contribution in [3.63, 3.8) is 0 Å². The zero-order chi connectivity index (χ0) is 21.9. The predicted octanol–water partition coefficient (Wildman–Crippen LogP) is 5.13. The normalized spacial score (nSPS) is 12.0. The van der Waals surface area contributed by atoms with Crippen LogP contribution < -0.4 is 14.8 Å². The monoisotopic (exact) mass is 518 g/mol. The van der Waals surface area contributed by atoms with Crippen LogP contribution in [-0.4, -0.2) is 25.7 Å². The van der Waals surface area contributed by atoms with Gasteiger partial charge in [0, 0.05) is 6.54 Å². The lowest BCUT2D eigenvalue weighted by Gasteiger charge is -2.17. The first-order valence-electron chi connectivity index (χ1n) is 9.96. The molecule has 0 saturated heterocycles. The van der Waals surface area contributed by atoms with E-state index >= 15 is 0 Å². The first kappa shape index (κ1) is 23.7. The zero-order valence-electron chi connectivity index (χ0n) is 17.6. The lowest BCUT2D eigenvalue weighted by atomic mass is 10.1. The third-order valence-electron chi connectivity index (χ3n) is 4.59. The molecule has 1 atom stereocenters. The van der Waals surface area contributed by atoms with Crippen LogP contribution in [0.3, 0.4) is 0 Å². The first-order valence-corrected chi connectivity index (χ1v) is 11.0. The lowest BCUT2D eigenvalue weighted by molar-refractivity contribution is -0.117. The van der Waals surface area contributed by atoms with E-state index in [2.05, 4.69) is 47.0 Å². The number of nitrogens with one attached hydrogen (secondary N) is 1. The second-order valence-corrected chi connectivity index (χ2v) is 8.05. The molecule has 0 unspecified atom stereocenters. The Hall–Kier alpha value is -2.53. The van der Waals surface area contributed by atoms with Crippen LogP contribution in [0.25, 0.3) is 6.08 Å². The summed E-state index contributed by atoms with van der Waals surface area (Å²) in [6.45, 7) is 4.56. The van der Waals surface area contributed by atoms with Crippen LogP contribution >= 0.6 is 22.6 Å². The molecule has 0 aliphatic carbocycles. The minimum absolute atomic E-state index is 0.0585. The smallest absolute Gasteiger partial charge is 0.261 e. The number of carbonyl (C=O) groups is 1. The van der Waals surface area contributed by atoms with E-state index < -0.39 is 0 Å². The van der Waals surface area contributed by atoms with Crippen LogP contribution in [0, 0.1) is 14.9 Å². The number of benzene rings is 2. The number of nitrogens with zero attached hydrogens (tertiary/aromatic N) is 1. The molecule has 1 amide bonds. The summed E-state index contributed by atoms with van der Waals surface area (Å²) in [5.74, 6) is 0.877. The Morgan fingerprint density at radius 1 is 1.30 bits per heavy atom. The fraction of sp³-hybridized carbons (Fsp3) is 0.333. The number of ether oxygens (including phenoxy) is 2. The maximum Gasteiger partial charge on any atom is 0.261 e. The molecular formula is C24H27IN2O3. The van der Waals surface area contributed by atoms with Gasteiger partial charge in [0.25, 0.3) is 5.91 Å². The van der Waals surface area contributed by atoms with Gasteiger partial charge in [-0.05, 0) is 78.1 Å². The van der Waals surface area contributed by atoms with Crippen molar-refractivity contribution in [3.8, 4) is 17.6 Å². The van der Waals surface area contributed by atoms with E-state index in [1.165, 1.54) is 5.56 Å². The Labute approximate surface area is 192 Å². The molecule has 2 rings (SSSR count). The van der Waals surface area contributed by atoms with Crippen LogP contribution in [0.2, 0.25) is 0 Å². The molecule has 0 radical (unpaired) electrons. The van der Waals surface area contributed by atoms with Crippen LogP contribution in [0.5, 0.6) is 11.5 Å². The van der Waals surface area contributed by atoms with E-state index in [1.807, 2.05) is 37.3 Å². The highest BCUT2D eigenvalue weighted by atomic mass is 127. The van der Waals surface area contributed by atoms with Gasteiger partial charge in [-0.1, -0.05) is 37.3 Å². The number of aryl methyl sites for hydroxylation is 1. The molecule has 0 fully saturated rings. The van der Waals surface area contributed by atoms with Crippen LogP contribution in [-0.2, 0) is 11.2 Å². The number of nitriles is 1. The van der Waals surface area contributed by atoms with Crippen molar-refractivity contribution in [2.45, 2.75) is 39.2 Å². The molecule has 0 saturated carbocycles. The Bertz CT molecular complexity index is 920. The summed E-state index contributed by atoms with van der Waals surface area (Å²) in [6.07, 6.45) is 4.19. The van der Waals surface area contributed by atoms with Gasteiger partial charge in [-0.3, -0.25) is 4.79 Å². The zero-order valence-corrected chi connectivity index (χ0v) is 19.7. The van der Waals surface area contributed by atoms with Crippen molar-refractivity contribution in [3.05, 3.63) is 62.7 Å². The topological polar surface area (TPSA) is 71.3 Å². The highest BCUT2D eigenvalue weighted by Gasteiger charge is 2.15. The molecule has 0 aliphatic rings. The van der Waals surface area contributed by atoms with Crippen LogP contribution in [0.1, 0.15) is 37.8 Å². The molecule has 0 heterocycles. The molecule has 2 aromatic carbocycles. The second kappa shape index (κ2) is 12.2. The number of hydrogen-bond acceptors (Lipinski definition) is 4. The van der Waals surface area contributed by atoms with E-state index in [9.17, 15) is 10.1 Å². The third-order valence-corrected chi connectivity index (χ3v) is 5.39. The summed E-state index contributed by atoms with van der Waals surface area (Å²) in [7, 11) is 1.58. The number of methoxy groups -OCH3 is 1. The van der Waals surface area contributed by atoms with Crippen molar-refractivity contribution in [2.24, 2.45) is 0 Å². The fourth-order valence-electron chi connectivity index (χ4n) is 2.77. The van der Waals surface area contributed by atoms with Gasteiger partial charge < -0.3 is 14.8 Å². The summed E-state index contributed by atoms with van der Waals surface area (Å²) in [5, 5.41) is 12.3. The van der Waals surface area contributed by atoms with E-state index in [0.717, 1.165) is 22.8 Å². The van der Waals surface area contributed by atoms with E-state index in [4.69, 9.17) is 9.47 Å². The Morgan fingerprint density at radius 3 is 2.67 bits per heavy atom. The number of halogens is 1. The van der Waals surface area contributed by atoms with Gasteiger partial charge in [-0.15, -0.1) is 0 Å². The van der Waals surface area contributed by atoms with E-state index in [1.54, 1.807) is 19.3 Å². The molecular weight excluding hydrogens is 491 g/mol. The van der Waals surface area contributed by atoms with Gasteiger partial charge in [0.15, 0.2) is 11.5 Å². The van der Waals surface area contributed by atoms with Crippen LogP contribution in [0.4, 0.5) is 0 Å². The van der Waals surface area contributed by atoms with Crippen molar-refractivity contribution < 1.29 is 14.3 Å². The average molecular weight is 518 g/mol. The number of hydrogen-bond donors (Lipinski definition) is 1. The molecule has 0 spiro atoms. The maximum atomic E-state index is 12.4. The summed E-state index contributed by atoms with van der Waals surface area (Å²) in [6, 6.07) is 15.8. The standard InChI is InChI=1S/C24H27IN2O3/c1-4-17(2)30-23-21(25)14-19(15-22(23)29-3)13-20(16-26)24(28)27-12-8-11-18-9-6-5-7-10-18/h5-7,9-10,13-15,17H,4,8,11-12H2,1-3H3,(H,27,28)/b20-13-/t17-/m0/s1. The summed E-state index contributed by atoms with van der Waals surface area (Å²) >= 11 is 2.18. The lowest BCUT2D eigenvalue weighted by Crippen LogP contribution is -2.25. The quantitative estimate of drug-likeness (QED) is 0.205. The Kier molecular flexibility index (Phi) is 9.68. The largest absolute Gasteiger partial charge is 0.493 e. The van der Waals surface area contributed by atoms with Crippen molar-refractivity contribution in [1.29, 1.82) is 5.26 Å². The highest BCUT2D eigenvalue weighted by molar-refractivity contribution is 14.1. The summed E-state index contributed by atoms with van der Waals surface area (Å²) in [5.41, 5.74) is 2.00. The van der Waals surface area contributed by atoms with Gasteiger partial charge >= 0.3 is 0 Å². The van der Waals surface area contributed by atoms with Crippen molar-refractivity contribution >= 4 is 34.6 Å². The molecule has 0 bridgehead atoms. The summed E-state index contributed by atoms with van der Waals surface area (Å²) in [4.78, 5) is 12.4. The highest BCUT2D eigenvalue weighted by Crippen LogP contribution is 2.35. The van der Waals surface area contributed by atoms with Crippen LogP contribution in [0.15, 0.2) is 48.0 Å². The Balaban J connectivity index is 2.06. The molecule has 1 N–H and O–H groups in total. The first-order chi connectivity index (χ1) is 14.5. The molecule has 158 valence electrons. The minimum Gasteiger partial charge on any atom is -0.493 e. The second-order valence-electron chi connectivity index (χ2n) is 6.89. The predicted molar refractivity (Wildman–Crippen MR) is 127 cm³/mol. The minimum atomic E-state index is -0.375. The van der Waals surface area contributed by atoms with Gasteiger partial charge in [0.2, 0.25) is 0 Å². The van der Waals surface area contributed by atoms with Gasteiger partial charge in [-0.2, -0.15) is 5.26 Å². The average Bonchev–Trinajstić information content (AvgIpc) is 2.76. The van der Waals surface area contributed by atoms with E-state index in [-0.39, 0.29) is 17.6 Å². The Morgan fingerprint density at radius 2 is 2.03 bits per heavy atom. The molecule has 6 heteroatoms. The van der Waals surface area contributed by atoms with Crippen molar-refractivity contribution in [1.82, 2.24) is 5.32 Å². The van der Waals surface area contributed by atoms with Gasteiger partial charge in [0.05, 0.1) is 16.8 Å². The van der Waals surface area contributed by atoms with Gasteiger partial charge in [0.1, 0.15) is 11.6 Å². The number of amides is 1. The molecule has 0 aliphatic heterocycles. The number of rotatable bonds is 10. The van der Waals surface area contributed by atoms with Gasteiger partial charge in [-0.25, -0.2) is 0 Å². The molecule has 30 heavy (non-hydrogen) atoms. The summed E-state index contributed by atoms with van der Waals surface area (Å²) < 4.78 is 12.3. The molecule has 2 aromatic rings. The SMILES string of the molecule is CC[C@H](C)Oc1c(I)cc(/C=C(/C#N)C(=O)NCCCc2ccccc2)cc1OC.